The van der Waals surface area contributed by atoms with E-state index in [1.807, 2.05) is 5.38 Å². The lowest BCUT2D eigenvalue weighted by Gasteiger charge is -2.10. The summed E-state index contributed by atoms with van der Waals surface area (Å²) < 4.78 is 27.4. The summed E-state index contributed by atoms with van der Waals surface area (Å²) in [6.45, 7) is 0. The van der Waals surface area contributed by atoms with E-state index >= 15 is 0 Å². The molecule has 2 aromatic carbocycles. The van der Waals surface area contributed by atoms with Crippen molar-refractivity contribution >= 4 is 50.2 Å². The molecule has 4 aromatic rings. The number of carbonyl (C=O) groups excluding carboxylic acids is 2. The summed E-state index contributed by atoms with van der Waals surface area (Å²) >= 11 is 1.35. The first-order valence-electron chi connectivity index (χ1n) is 9.70. The molecular weight excluding hydrogens is 460 g/mol. The molecule has 2 aromatic heterocycles. The van der Waals surface area contributed by atoms with E-state index in [1.54, 1.807) is 36.4 Å². The van der Waals surface area contributed by atoms with Gasteiger partial charge in [0.1, 0.15) is 0 Å². The number of carbonyl (C=O) groups is 2. The van der Waals surface area contributed by atoms with Gasteiger partial charge in [-0.2, -0.15) is 0 Å². The van der Waals surface area contributed by atoms with Crippen molar-refractivity contribution in [2.24, 2.45) is 0 Å². The van der Waals surface area contributed by atoms with E-state index in [0.29, 0.717) is 27.5 Å². The summed E-state index contributed by atoms with van der Waals surface area (Å²) in [5.74, 6) is -0.591. The van der Waals surface area contributed by atoms with Crippen LogP contribution in [0.1, 0.15) is 20.0 Å². The fraction of sp³-hybridized carbons (Fsp3) is 0. The van der Waals surface area contributed by atoms with Crippen LogP contribution < -0.4 is 15.4 Å². The van der Waals surface area contributed by atoms with Crippen molar-refractivity contribution in [1.82, 2.24) is 4.98 Å². The maximum atomic E-state index is 12.5. The average Bonchev–Trinajstić information content (AvgIpc) is 3.36. The smallest absolute Gasteiger partial charge is 0.265 e. The van der Waals surface area contributed by atoms with Gasteiger partial charge in [-0.3, -0.25) is 19.3 Å². The van der Waals surface area contributed by atoms with E-state index in [-0.39, 0.29) is 10.8 Å². The lowest BCUT2D eigenvalue weighted by molar-refractivity contribution is 0.102. The lowest BCUT2D eigenvalue weighted by atomic mass is 10.2. The number of hydrogen-bond acceptors (Lipinski definition) is 6. The molecule has 0 aliphatic rings. The first kappa shape index (κ1) is 22.2. The van der Waals surface area contributed by atoms with Gasteiger partial charge in [-0.05, 0) is 72.1 Å². The van der Waals surface area contributed by atoms with Gasteiger partial charge in [-0.15, -0.1) is 11.3 Å². The number of sulfonamides is 1. The number of nitrogens with zero attached hydrogens (tertiary/aromatic N) is 1. The van der Waals surface area contributed by atoms with Gasteiger partial charge < -0.3 is 10.6 Å². The number of hydrogen-bond donors (Lipinski definition) is 3. The molecule has 0 bridgehead atoms. The second-order valence-electron chi connectivity index (χ2n) is 6.83. The van der Waals surface area contributed by atoms with Crippen LogP contribution in [0.2, 0.25) is 0 Å². The van der Waals surface area contributed by atoms with Crippen LogP contribution in [0.4, 0.5) is 17.1 Å². The van der Waals surface area contributed by atoms with E-state index in [4.69, 9.17) is 0 Å². The van der Waals surface area contributed by atoms with Gasteiger partial charge in [0.25, 0.3) is 21.8 Å². The Balaban J connectivity index is 1.38. The first-order valence-corrected chi connectivity index (χ1v) is 12.1. The van der Waals surface area contributed by atoms with E-state index in [2.05, 4.69) is 20.3 Å². The van der Waals surface area contributed by atoms with Gasteiger partial charge in [0, 0.05) is 29.3 Å². The molecule has 0 spiro atoms. The van der Waals surface area contributed by atoms with Crippen molar-refractivity contribution in [2.75, 3.05) is 15.4 Å². The summed E-state index contributed by atoms with van der Waals surface area (Å²) in [4.78, 5) is 29.1. The van der Waals surface area contributed by atoms with E-state index in [9.17, 15) is 18.0 Å². The normalized spacial score (nSPS) is 10.9. The molecule has 0 aliphatic carbocycles. The third kappa shape index (κ3) is 5.62. The predicted molar refractivity (Wildman–Crippen MR) is 128 cm³/mol. The summed E-state index contributed by atoms with van der Waals surface area (Å²) in [7, 11) is -3.79. The number of benzene rings is 2. The molecule has 0 saturated heterocycles. The maximum Gasteiger partial charge on any atom is 0.265 e. The van der Waals surface area contributed by atoms with Crippen LogP contribution in [0.25, 0.3) is 0 Å². The zero-order valence-electron chi connectivity index (χ0n) is 17.1. The molecule has 2 heterocycles. The van der Waals surface area contributed by atoms with Crippen LogP contribution in [-0.2, 0) is 10.0 Å². The van der Waals surface area contributed by atoms with Crippen LogP contribution in [-0.4, -0.2) is 25.2 Å². The lowest BCUT2D eigenvalue weighted by Crippen LogP contribution is -2.15. The molecule has 0 atom stereocenters. The van der Waals surface area contributed by atoms with Crippen molar-refractivity contribution in [3.8, 4) is 0 Å². The maximum absolute atomic E-state index is 12.5. The minimum atomic E-state index is -3.79. The zero-order valence-corrected chi connectivity index (χ0v) is 18.7. The quantitative estimate of drug-likeness (QED) is 0.363. The van der Waals surface area contributed by atoms with Crippen LogP contribution in [0.5, 0.6) is 0 Å². The Morgan fingerprint density at radius 3 is 1.91 bits per heavy atom. The van der Waals surface area contributed by atoms with Gasteiger partial charge >= 0.3 is 0 Å². The van der Waals surface area contributed by atoms with E-state index in [1.165, 1.54) is 60.1 Å². The number of nitrogens with one attached hydrogen (secondary N) is 3. The minimum Gasteiger partial charge on any atom is -0.322 e. The van der Waals surface area contributed by atoms with Crippen molar-refractivity contribution in [3.05, 3.63) is 101 Å². The minimum absolute atomic E-state index is 0.0293. The van der Waals surface area contributed by atoms with Gasteiger partial charge in [0.05, 0.1) is 15.5 Å². The number of rotatable bonds is 7. The topological polar surface area (TPSA) is 117 Å². The molecule has 0 saturated carbocycles. The average molecular weight is 479 g/mol. The fourth-order valence-electron chi connectivity index (χ4n) is 2.86. The highest BCUT2D eigenvalue weighted by molar-refractivity contribution is 7.92. The second-order valence-corrected chi connectivity index (χ2v) is 9.46. The summed E-state index contributed by atoms with van der Waals surface area (Å²) in [5.41, 5.74) is 1.82. The molecule has 3 N–H and O–H groups in total. The molecule has 166 valence electrons. The Kier molecular flexibility index (Phi) is 6.48. The van der Waals surface area contributed by atoms with Gasteiger partial charge in [-0.25, -0.2) is 8.42 Å². The SMILES string of the molecule is O=C(Nc1ccc(NC(=O)c2cccs2)cc1)c1ccc(S(=O)(=O)Nc2ccncc2)cc1. The Labute approximate surface area is 194 Å². The molecular formula is C23H18N4O4S2. The number of pyridine rings is 1. The Hall–Kier alpha value is -4.02. The van der Waals surface area contributed by atoms with E-state index in [0.717, 1.165) is 0 Å². The molecule has 0 fully saturated rings. The molecule has 2 amide bonds. The molecule has 0 unspecified atom stereocenters. The van der Waals surface area contributed by atoms with Gasteiger partial charge in [0.15, 0.2) is 0 Å². The highest BCUT2D eigenvalue weighted by Crippen LogP contribution is 2.19. The third-order valence-electron chi connectivity index (χ3n) is 4.50. The molecule has 0 aliphatic heterocycles. The van der Waals surface area contributed by atoms with Crippen molar-refractivity contribution < 1.29 is 18.0 Å². The molecule has 33 heavy (non-hydrogen) atoms. The fourth-order valence-corrected chi connectivity index (χ4v) is 4.54. The monoisotopic (exact) mass is 478 g/mol. The van der Waals surface area contributed by atoms with Crippen molar-refractivity contribution in [1.29, 1.82) is 0 Å². The number of amides is 2. The van der Waals surface area contributed by atoms with Crippen LogP contribution in [0.15, 0.2) is 95.5 Å². The summed E-state index contributed by atoms with van der Waals surface area (Å²) in [6, 6.07) is 18.9. The molecule has 10 heteroatoms. The molecule has 8 nitrogen and oxygen atoms in total. The highest BCUT2D eigenvalue weighted by Gasteiger charge is 2.15. The van der Waals surface area contributed by atoms with Crippen LogP contribution >= 0.6 is 11.3 Å². The second kappa shape index (κ2) is 9.63. The Morgan fingerprint density at radius 2 is 1.33 bits per heavy atom. The predicted octanol–water partition coefficient (Wildman–Crippen LogP) is 4.45. The first-order chi connectivity index (χ1) is 15.9. The van der Waals surface area contributed by atoms with Crippen molar-refractivity contribution in [2.45, 2.75) is 4.90 Å². The van der Waals surface area contributed by atoms with Crippen LogP contribution in [0, 0.1) is 0 Å². The largest absolute Gasteiger partial charge is 0.322 e. The number of anilines is 3. The van der Waals surface area contributed by atoms with E-state index < -0.39 is 15.9 Å². The summed E-state index contributed by atoms with van der Waals surface area (Å²) in [6.07, 6.45) is 2.96. The molecule has 0 radical (unpaired) electrons. The zero-order chi connectivity index (χ0) is 23.3. The van der Waals surface area contributed by atoms with Crippen molar-refractivity contribution in [3.63, 3.8) is 0 Å². The number of thiophene rings is 1. The Morgan fingerprint density at radius 1 is 0.727 bits per heavy atom. The molecule has 4 rings (SSSR count). The summed E-state index contributed by atoms with van der Waals surface area (Å²) in [5, 5.41) is 7.36. The third-order valence-corrected chi connectivity index (χ3v) is 6.77. The number of aromatic nitrogens is 1. The Bertz CT molecular complexity index is 1350. The standard InChI is InChI=1S/C23H18N4O4S2/c28-22(25-17-5-7-18(8-6-17)26-23(29)21-2-1-15-32-21)16-3-9-20(10-4-16)33(30,31)27-19-11-13-24-14-12-19/h1-15H,(H,24,27)(H,25,28)(H,26,29). The van der Waals surface area contributed by atoms with Crippen LogP contribution in [0.3, 0.4) is 0 Å². The van der Waals surface area contributed by atoms with Gasteiger partial charge in [-0.1, -0.05) is 6.07 Å². The highest BCUT2D eigenvalue weighted by atomic mass is 32.2. The van der Waals surface area contributed by atoms with Gasteiger partial charge in [0.2, 0.25) is 0 Å².